The van der Waals surface area contributed by atoms with E-state index in [0.29, 0.717) is 23.9 Å². The molecule has 1 aromatic heterocycles. The van der Waals surface area contributed by atoms with Crippen LogP contribution in [0.2, 0.25) is 0 Å². The Morgan fingerprint density at radius 1 is 1.25 bits per heavy atom. The number of nitrogens with zero attached hydrogens (tertiary/aromatic N) is 2. The normalized spacial score (nSPS) is 18.5. The molecule has 3 rings (SSSR count). The molecule has 0 radical (unpaired) electrons. The van der Waals surface area contributed by atoms with E-state index in [2.05, 4.69) is 5.32 Å². The summed E-state index contributed by atoms with van der Waals surface area (Å²) >= 11 is 0. The third-order valence-corrected chi connectivity index (χ3v) is 4.34. The largest absolute Gasteiger partial charge is 0.416 e. The standard InChI is InChI=1S/C16H16F3N3O2/c1-21-6-5-11(15(21)24)20-14(23)13-8-9-7-10(16(17,18)19)3-4-12(9)22(13)2/h3-4,7-8,11H,5-6H2,1-2H3,(H,20,23). The van der Waals surface area contributed by atoms with Crippen LogP contribution in [-0.4, -0.2) is 40.9 Å². The van der Waals surface area contributed by atoms with Crippen LogP contribution in [-0.2, 0) is 18.0 Å². The van der Waals surface area contributed by atoms with Crippen LogP contribution in [0.4, 0.5) is 13.2 Å². The van der Waals surface area contributed by atoms with Crippen LogP contribution >= 0.6 is 0 Å². The molecule has 1 unspecified atom stereocenters. The Kier molecular flexibility index (Phi) is 3.77. The van der Waals surface area contributed by atoms with Crippen LogP contribution in [0.25, 0.3) is 10.9 Å². The Balaban J connectivity index is 1.90. The summed E-state index contributed by atoms with van der Waals surface area (Å²) < 4.78 is 39.9. The van der Waals surface area contributed by atoms with Crippen LogP contribution < -0.4 is 5.32 Å². The lowest BCUT2D eigenvalue weighted by Crippen LogP contribution is -2.41. The van der Waals surface area contributed by atoms with Gasteiger partial charge in [0.2, 0.25) is 5.91 Å². The fraction of sp³-hybridized carbons (Fsp3) is 0.375. The van der Waals surface area contributed by atoms with E-state index in [9.17, 15) is 22.8 Å². The van der Waals surface area contributed by atoms with Gasteiger partial charge in [-0.05, 0) is 30.7 Å². The van der Waals surface area contributed by atoms with Gasteiger partial charge in [-0.25, -0.2) is 0 Å². The number of aromatic nitrogens is 1. The predicted molar refractivity (Wildman–Crippen MR) is 81.4 cm³/mol. The minimum absolute atomic E-state index is 0.165. The van der Waals surface area contributed by atoms with E-state index in [1.165, 1.54) is 21.6 Å². The fourth-order valence-electron chi connectivity index (χ4n) is 2.93. The zero-order chi connectivity index (χ0) is 17.6. The van der Waals surface area contributed by atoms with E-state index in [1.807, 2.05) is 0 Å². The second-order valence-corrected chi connectivity index (χ2v) is 5.93. The Labute approximate surface area is 136 Å². The molecular formula is C16H16F3N3O2. The highest BCUT2D eigenvalue weighted by molar-refractivity contribution is 6.01. The van der Waals surface area contributed by atoms with Gasteiger partial charge in [0, 0.05) is 31.5 Å². The third kappa shape index (κ3) is 2.72. The van der Waals surface area contributed by atoms with Crippen molar-refractivity contribution in [1.29, 1.82) is 0 Å². The lowest BCUT2D eigenvalue weighted by Gasteiger charge is -2.12. The van der Waals surface area contributed by atoms with Gasteiger partial charge in [-0.15, -0.1) is 0 Å². The maximum atomic E-state index is 12.8. The van der Waals surface area contributed by atoms with E-state index in [1.54, 1.807) is 14.1 Å². The van der Waals surface area contributed by atoms with E-state index in [0.717, 1.165) is 12.1 Å². The highest BCUT2D eigenvalue weighted by Gasteiger charge is 2.32. The molecule has 1 aliphatic rings. The summed E-state index contributed by atoms with van der Waals surface area (Å²) in [5.74, 6) is -0.641. The molecular weight excluding hydrogens is 323 g/mol. The van der Waals surface area contributed by atoms with Gasteiger partial charge in [-0.3, -0.25) is 9.59 Å². The summed E-state index contributed by atoms with van der Waals surface area (Å²) in [7, 11) is 3.26. The van der Waals surface area contributed by atoms with Gasteiger partial charge >= 0.3 is 6.18 Å². The molecule has 24 heavy (non-hydrogen) atoms. The monoisotopic (exact) mass is 339 g/mol. The van der Waals surface area contributed by atoms with Crippen LogP contribution in [0, 0.1) is 0 Å². The molecule has 8 heteroatoms. The molecule has 0 saturated carbocycles. The highest BCUT2D eigenvalue weighted by Crippen LogP contribution is 2.32. The number of benzene rings is 1. The van der Waals surface area contributed by atoms with Crippen molar-refractivity contribution >= 4 is 22.7 Å². The van der Waals surface area contributed by atoms with Gasteiger partial charge in [0.05, 0.1) is 5.56 Å². The summed E-state index contributed by atoms with van der Waals surface area (Å²) in [6.45, 7) is 0.563. The number of hydrogen-bond donors (Lipinski definition) is 1. The Bertz CT molecular complexity index is 826. The number of amides is 2. The molecule has 1 aromatic carbocycles. The van der Waals surface area contributed by atoms with Gasteiger partial charge in [0.25, 0.3) is 5.91 Å². The number of likely N-dealkylation sites (N-methyl/N-ethyl adjacent to an activating group) is 1. The summed E-state index contributed by atoms with van der Waals surface area (Å²) in [6, 6.07) is 4.15. The molecule has 2 aromatic rings. The lowest BCUT2D eigenvalue weighted by molar-refractivity contribution is -0.137. The topological polar surface area (TPSA) is 54.3 Å². The molecule has 0 aliphatic carbocycles. The number of hydrogen-bond acceptors (Lipinski definition) is 2. The van der Waals surface area contributed by atoms with Crippen molar-refractivity contribution < 1.29 is 22.8 Å². The molecule has 2 amide bonds. The minimum atomic E-state index is -4.44. The molecule has 1 saturated heterocycles. The van der Waals surface area contributed by atoms with E-state index >= 15 is 0 Å². The van der Waals surface area contributed by atoms with E-state index in [4.69, 9.17) is 0 Å². The molecule has 5 nitrogen and oxygen atoms in total. The Morgan fingerprint density at radius 2 is 1.96 bits per heavy atom. The van der Waals surface area contributed by atoms with Crippen molar-refractivity contribution in [2.75, 3.05) is 13.6 Å². The number of nitrogens with one attached hydrogen (secondary N) is 1. The maximum Gasteiger partial charge on any atom is 0.416 e. The van der Waals surface area contributed by atoms with Gasteiger partial charge in [-0.2, -0.15) is 13.2 Å². The first-order chi connectivity index (χ1) is 11.2. The lowest BCUT2D eigenvalue weighted by atomic mass is 10.1. The van der Waals surface area contributed by atoms with Crippen LogP contribution in [0.15, 0.2) is 24.3 Å². The van der Waals surface area contributed by atoms with Crippen molar-refractivity contribution in [2.24, 2.45) is 7.05 Å². The SMILES string of the molecule is CN1CCC(NC(=O)c2cc3cc(C(F)(F)F)ccc3n2C)C1=O. The Hall–Kier alpha value is -2.51. The fourth-order valence-corrected chi connectivity index (χ4v) is 2.93. The average molecular weight is 339 g/mol. The van der Waals surface area contributed by atoms with Crippen molar-refractivity contribution in [3.8, 4) is 0 Å². The van der Waals surface area contributed by atoms with Crippen molar-refractivity contribution in [3.63, 3.8) is 0 Å². The number of carbonyl (C=O) groups excluding carboxylic acids is 2. The van der Waals surface area contributed by atoms with Gasteiger partial charge in [0.1, 0.15) is 11.7 Å². The van der Waals surface area contributed by atoms with E-state index in [-0.39, 0.29) is 11.6 Å². The number of alkyl halides is 3. The first-order valence-corrected chi connectivity index (χ1v) is 7.41. The number of likely N-dealkylation sites (tertiary alicyclic amines) is 1. The quantitative estimate of drug-likeness (QED) is 0.912. The molecule has 0 bridgehead atoms. The van der Waals surface area contributed by atoms with Gasteiger partial charge in [-0.1, -0.05) is 0 Å². The first kappa shape index (κ1) is 16.4. The average Bonchev–Trinajstić information content (AvgIpc) is 3.01. The van der Waals surface area contributed by atoms with E-state index < -0.39 is 23.7 Å². The number of halogens is 3. The number of aryl methyl sites for hydroxylation is 1. The zero-order valence-electron chi connectivity index (χ0n) is 13.1. The third-order valence-electron chi connectivity index (χ3n) is 4.34. The predicted octanol–water partition coefficient (Wildman–Crippen LogP) is 2.16. The molecule has 1 N–H and O–H groups in total. The number of fused-ring (bicyclic) bond motifs is 1. The van der Waals surface area contributed by atoms with Crippen molar-refractivity contribution in [2.45, 2.75) is 18.6 Å². The molecule has 1 fully saturated rings. The van der Waals surface area contributed by atoms with Crippen LogP contribution in [0.5, 0.6) is 0 Å². The Morgan fingerprint density at radius 3 is 2.54 bits per heavy atom. The highest BCUT2D eigenvalue weighted by atomic mass is 19.4. The molecule has 1 aliphatic heterocycles. The second-order valence-electron chi connectivity index (χ2n) is 5.93. The summed E-state index contributed by atoms with van der Waals surface area (Å²) in [5, 5.41) is 2.98. The van der Waals surface area contributed by atoms with Crippen molar-refractivity contribution in [3.05, 3.63) is 35.5 Å². The summed E-state index contributed by atoms with van der Waals surface area (Å²) in [6.07, 6.45) is -3.92. The zero-order valence-corrected chi connectivity index (χ0v) is 13.1. The van der Waals surface area contributed by atoms with Crippen molar-refractivity contribution in [1.82, 2.24) is 14.8 Å². The number of carbonyl (C=O) groups is 2. The number of rotatable bonds is 2. The van der Waals surface area contributed by atoms with Gasteiger partial charge in [0.15, 0.2) is 0 Å². The van der Waals surface area contributed by atoms with Crippen LogP contribution in [0.1, 0.15) is 22.5 Å². The molecule has 1 atom stereocenters. The van der Waals surface area contributed by atoms with Crippen LogP contribution in [0.3, 0.4) is 0 Å². The smallest absolute Gasteiger partial charge is 0.344 e. The summed E-state index contributed by atoms with van der Waals surface area (Å²) in [4.78, 5) is 25.8. The first-order valence-electron chi connectivity index (χ1n) is 7.41. The molecule has 2 heterocycles. The molecule has 128 valence electrons. The molecule has 0 spiro atoms. The maximum absolute atomic E-state index is 12.8. The van der Waals surface area contributed by atoms with Gasteiger partial charge < -0.3 is 14.8 Å². The minimum Gasteiger partial charge on any atom is -0.344 e. The second kappa shape index (κ2) is 5.54. The summed E-state index contributed by atoms with van der Waals surface area (Å²) in [5.41, 5.74) is -0.0325.